The van der Waals surface area contributed by atoms with Crippen LogP contribution in [0, 0.1) is 5.82 Å². The third-order valence-electron chi connectivity index (χ3n) is 6.69. The normalized spacial score (nSPS) is 19.0. The molecule has 1 saturated heterocycles. The minimum absolute atomic E-state index is 0.196. The second-order valence-corrected chi connectivity index (χ2v) is 9.24. The molecule has 1 fully saturated rings. The summed E-state index contributed by atoms with van der Waals surface area (Å²) in [4.78, 5) is 2.54. The standard InChI is InChI=1S/C28H27ClFN3/c29-23-10-6-22(7-11-23)27-18-28(32-31-27)25-15-17-33(16-14-20-4-2-1-3-5-20)19-26(25)21-8-12-24(30)13-9-21/h1-13,18,25-26H,14-17,19H2,(H,31,32)/t25-,26-/m0/s1. The molecule has 0 bridgehead atoms. The van der Waals surface area contributed by atoms with Gasteiger partial charge in [0, 0.05) is 41.2 Å². The van der Waals surface area contributed by atoms with E-state index in [1.807, 2.05) is 36.4 Å². The lowest BCUT2D eigenvalue weighted by atomic mass is 9.78. The van der Waals surface area contributed by atoms with Crippen molar-refractivity contribution in [3.05, 3.63) is 113 Å². The average molecular weight is 460 g/mol. The van der Waals surface area contributed by atoms with Gasteiger partial charge < -0.3 is 4.90 Å². The summed E-state index contributed by atoms with van der Waals surface area (Å²) in [6.07, 6.45) is 2.06. The highest BCUT2D eigenvalue weighted by Gasteiger charge is 2.32. The molecule has 1 aliphatic heterocycles. The average Bonchev–Trinajstić information content (AvgIpc) is 3.34. The van der Waals surface area contributed by atoms with Crippen molar-refractivity contribution in [1.29, 1.82) is 0 Å². The predicted octanol–water partition coefficient (Wildman–Crippen LogP) is 6.69. The number of H-pyrrole nitrogens is 1. The van der Waals surface area contributed by atoms with Crippen LogP contribution < -0.4 is 0 Å². The third kappa shape index (κ3) is 5.18. The molecule has 3 nitrogen and oxygen atoms in total. The Kier molecular flexibility index (Phi) is 6.56. The van der Waals surface area contributed by atoms with E-state index >= 15 is 0 Å². The van der Waals surface area contributed by atoms with Crippen LogP contribution in [-0.2, 0) is 6.42 Å². The van der Waals surface area contributed by atoms with Gasteiger partial charge in [0.2, 0.25) is 0 Å². The zero-order valence-electron chi connectivity index (χ0n) is 18.4. The van der Waals surface area contributed by atoms with Gasteiger partial charge in [0.15, 0.2) is 0 Å². The first kappa shape index (κ1) is 21.9. The molecule has 0 aliphatic carbocycles. The summed E-state index contributed by atoms with van der Waals surface area (Å²) in [5, 5.41) is 8.60. The lowest BCUT2D eigenvalue weighted by Crippen LogP contribution is -2.39. The number of aromatic amines is 1. The number of likely N-dealkylation sites (tertiary alicyclic amines) is 1. The van der Waals surface area contributed by atoms with Gasteiger partial charge in [-0.1, -0.05) is 66.2 Å². The van der Waals surface area contributed by atoms with Crippen LogP contribution in [-0.4, -0.2) is 34.7 Å². The van der Waals surface area contributed by atoms with E-state index in [1.165, 1.54) is 11.1 Å². The van der Waals surface area contributed by atoms with Crippen molar-refractivity contribution in [2.75, 3.05) is 19.6 Å². The van der Waals surface area contributed by atoms with Crippen LogP contribution in [0.15, 0.2) is 84.9 Å². The van der Waals surface area contributed by atoms with E-state index in [9.17, 15) is 4.39 Å². The Hall–Kier alpha value is -2.95. The summed E-state index contributed by atoms with van der Waals surface area (Å²) >= 11 is 6.04. The second kappa shape index (κ2) is 9.90. The van der Waals surface area contributed by atoms with E-state index in [-0.39, 0.29) is 11.7 Å². The summed E-state index contributed by atoms with van der Waals surface area (Å²) in [7, 11) is 0. The van der Waals surface area contributed by atoms with Crippen molar-refractivity contribution in [2.24, 2.45) is 0 Å². The van der Waals surface area contributed by atoms with Gasteiger partial charge >= 0.3 is 0 Å². The van der Waals surface area contributed by atoms with Crippen LogP contribution in [0.25, 0.3) is 11.3 Å². The number of hydrogen-bond donors (Lipinski definition) is 1. The fourth-order valence-corrected chi connectivity index (χ4v) is 5.00. The molecule has 0 spiro atoms. The summed E-state index contributed by atoms with van der Waals surface area (Å²) in [5.41, 5.74) is 5.64. The number of aromatic nitrogens is 2. The fraction of sp³-hybridized carbons (Fsp3) is 0.250. The topological polar surface area (TPSA) is 31.9 Å². The zero-order chi connectivity index (χ0) is 22.6. The number of benzene rings is 3. The Morgan fingerprint density at radius 1 is 0.939 bits per heavy atom. The van der Waals surface area contributed by atoms with Crippen LogP contribution in [0.4, 0.5) is 4.39 Å². The number of hydrogen-bond acceptors (Lipinski definition) is 2. The van der Waals surface area contributed by atoms with Gasteiger partial charge in [0.25, 0.3) is 0 Å². The van der Waals surface area contributed by atoms with Crippen LogP contribution >= 0.6 is 11.6 Å². The van der Waals surface area contributed by atoms with Crippen molar-refractivity contribution in [1.82, 2.24) is 15.1 Å². The molecule has 5 rings (SSSR count). The molecule has 1 aromatic heterocycles. The lowest BCUT2D eigenvalue weighted by molar-refractivity contribution is 0.189. The molecular formula is C28H27ClFN3. The number of rotatable bonds is 6. The molecule has 3 aromatic carbocycles. The van der Waals surface area contributed by atoms with Gasteiger partial charge in [0.1, 0.15) is 5.82 Å². The SMILES string of the molecule is Fc1ccc([C@@H]2CN(CCc3ccccc3)CC[C@@H]2c2cc(-c3ccc(Cl)cc3)n[nH]2)cc1. The smallest absolute Gasteiger partial charge is 0.123 e. The Balaban J connectivity index is 1.37. The van der Waals surface area contributed by atoms with Crippen molar-refractivity contribution < 1.29 is 4.39 Å². The number of nitrogens with one attached hydrogen (secondary N) is 1. The quantitative estimate of drug-likeness (QED) is 0.348. The molecule has 0 amide bonds. The van der Waals surface area contributed by atoms with Gasteiger partial charge in [-0.25, -0.2) is 4.39 Å². The molecule has 2 atom stereocenters. The molecule has 168 valence electrons. The maximum absolute atomic E-state index is 13.6. The zero-order valence-corrected chi connectivity index (χ0v) is 19.2. The Morgan fingerprint density at radius 2 is 1.70 bits per heavy atom. The fourth-order valence-electron chi connectivity index (χ4n) is 4.87. The van der Waals surface area contributed by atoms with E-state index in [0.717, 1.165) is 49.4 Å². The van der Waals surface area contributed by atoms with Crippen LogP contribution in [0.3, 0.4) is 0 Å². The van der Waals surface area contributed by atoms with Crippen molar-refractivity contribution in [2.45, 2.75) is 24.7 Å². The largest absolute Gasteiger partial charge is 0.302 e. The summed E-state index contributed by atoms with van der Waals surface area (Å²) in [6, 6.07) is 27.6. The monoisotopic (exact) mass is 459 g/mol. The lowest BCUT2D eigenvalue weighted by Gasteiger charge is -2.38. The molecule has 4 aromatic rings. The van der Waals surface area contributed by atoms with Gasteiger partial charge in [-0.2, -0.15) is 5.10 Å². The van der Waals surface area contributed by atoms with E-state index in [0.29, 0.717) is 10.9 Å². The van der Waals surface area contributed by atoms with E-state index < -0.39 is 0 Å². The van der Waals surface area contributed by atoms with Crippen LogP contribution in [0.5, 0.6) is 0 Å². The van der Waals surface area contributed by atoms with Gasteiger partial charge in [0.05, 0.1) is 5.69 Å². The van der Waals surface area contributed by atoms with Crippen LogP contribution in [0.1, 0.15) is 35.1 Å². The third-order valence-corrected chi connectivity index (χ3v) is 6.94. The molecule has 33 heavy (non-hydrogen) atoms. The van der Waals surface area contributed by atoms with E-state index in [1.54, 1.807) is 12.1 Å². The molecule has 5 heteroatoms. The van der Waals surface area contributed by atoms with E-state index in [2.05, 4.69) is 51.5 Å². The molecule has 2 heterocycles. The highest BCUT2D eigenvalue weighted by Crippen LogP contribution is 2.40. The van der Waals surface area contributed by atoms with Gasteiger partial charge in [-0.05, 0) is 60.8 Å². The first-order valence-corrected chi connectivity index (χ1v) is 11.9. The molecule has 0 unspecified atom stereocenters. The Labute approximate surface area is 199 Å². The summed E-state index contributed by atoms with van der Waals surface area (Å²) < 4.78 is 13.6. The number of nitrogens with zero attached hydrogens (tertiary/aromatic N) is 2. The summed E-state index contributed by atoms with van der Waals surface area (Å²) in [5.74, 6) is 0.379. The highest BCUT2D eigenvalue weighted by molar-refractivity contribution is 6.30. The van der Waals surface area contributed by atoms with Crippen molar-refractivity contribution in [3.63, 3.8) is 0 Å². The van der Waals surface area contributed by atoms with Gasteiger partial charge in [-0.3, -0.25) is 5.10 Å². The second-order valence-electron chi connectivity index (χ2n) is 8.80. The molecule has 0 saturated carbocycles. The summed E-state index contributed by atoms with van der Waals surface area (Å²) in [6.45, 7) is 3.00. The Morgan fingerprint density at radius 3 is 2.45 bits per heavy atom. The van der Waals surface area contributed by atoms with Crippen LogP contribution in [0.2, 0.25) is 5.02 Å². The van der Waals surface area contributed by atoms with E-state index in [4.69, 9.17) is 11.6 Å². The van der Waals surface area contributed by atoms with Gasteiger partial charge in [-0.15, -0.1) is 0 Å². The Bertz CT molecular complexity index is 1170. The highest BCUT2D eigenvalue weighted by atomic mass is 35.5. The number of piperidine rings is 1. The van der Waals surface area contributed by atoms with Crippen molar-refractivity contribution >= 4 is 11.6 Å². The minimum atomic E-state index is -0.196. The van der Waals surface area contributed by atoms with Crippen molar-refractivity contribution in [3.8, 4) is 11.3 Å². The number of halogens is 2. The predicted molar refractivity (Wildman–Crippen MR) is 132 cm³/mol. The maximum Gasteiger partial charge on any atom is 0.123 e. The minimum Gasteiger partial charge on any atom is -0.302 e. The molecule has 1 aliphatic rings. The first-order valence-electron chi connectivity index (χ1n) is 11.5. The molecular weight excluding hydrogens is 433 g/mol. The maximum atomic E-state index is 13.6. The first-order chi connectivity index (χ1) is 16.2. The molecule has 0 radical (unpaired) electrons. The molecule has 1 N–H and O–H groups in total.